The molecule has 1 aliphatic rings. The van der Waals surface area contributed by atoms with Gasteiger partial charge < -0.3 is 14.8 Å². The molecule has 166 valence electrons. The SMILES string of the molecule is COC(=O)c1cccc(NC(=O)COC(=O)c2sccc2S(=O)(=O)N2CCSCC2)c1. The summed E-state index contributed by atoms with van der Waals surface area (Å²) < 4.78 is 36.7. The zero-order valence-corrected chi connectivity index (χ0v) is 19.0. The molecule has 1 saturated heterocycles. The lowest BCUT2D eigenvalue weighted by atomic mass is 10.2. The van der Waals surface area contributed by atoms with Gasteiger partial charge in [0.15, 0.2) is 6.61 Å². The summed E-state index contributed by atoms with van der Waals surface area (Å²) in [4.78, 5) is 36.0. The maximum Gasteiger partial charge on any atom is 0.350 e. The number of ether oxygens (including phenoxy) is 2. The number of sulfonamides is 1. The van der Waals surface area contributed by atoms with Gasteiger partial charge in [-0.1, -0.05) is 6.07 Å². The summed E-state index contributed by atoms with van der Waals surface area (Å²) in [5.74, 6) is -0.690. The molecule has 1 aliphatic heterocycles. The molecule has 0 unspecified atom stereocenters. The quantitative estimate of drug-likeness (QED) is 0.593. The number of benzene rings is 1. The van der Waals surface area contributed by atoms with E-state index in [9.17, 15) is 22.8 Å². The summed E-state index contributed by atoms with van der Waals surface area (Å²) in [6.07, 6.45) is 0. The van der Waals surface area contributed by atoms with Gasteiger partial charge in [-0.25, -0.2) is 18.0 Å². The van der Waals surface area contributed by atoms with Gasteiger partial charge in [0, 0.05) is 30.3 Å². The van der Waals surface area contributed by atoms with Crippen LogP contribution in [-0.4, -0.2) is 68.9 Å². The number of thioether (sulfide) groups is 1. The van der Waals surface area contributed by atoms with Crippen LogP contribution in [0.25, 0.3) is 0 Å². The molecule has 1 aromatic carbocycles. The van der Waals surface area contributed by atoms with Gasteiger partial charge in [-0.2, -0.15) is 16.1 Å². The Bertz CT molecular complexity index is 1080. The van der Waals surface area contributed by atoms with E-state index in [2.05, 4.69) is 10.1 Å². The van der Waals surface area contributed by atoms with E-state index in [0.717, 1.165) is 11.3 Å². The molecule has 0 aliphatic carbocycles. The van der Waals surface area contributed by atoms with Gasteiger partial charge in [-0.15, -0.1) is 11.3 Å². The number of amides is 1. The molecule has 3 rings (SSSR count). The Kier molecular flexibility index (Phi) is 7.70. The second-order valence-corrected chi connectivity index (χ2v) is 10.4. The fraction of sp³-hybridized carbons (Fsp3) is 0.316. The zero-order valence-electron chi connectivity index (χ0n) is 16.5. The number of hydrogen-bond donors (Lipinski definition) is 1. The molecule has 0 spiro atoms. The van der Waals surface area contributed by atoms with Crippen molar-refractivity contribution in [3.63, 3.8) is 0 Å². The molecule has 1 aromatic heterocycles. The number of carbonyl (C=O) groups is 3. The molecule has 0 saturated carbocycles. The van der Waals surface area contributed by atoms with Crippen LogP contribution in [0.15, 0.2) is 40.6 Å². The van der Waals surface area contributed by atoms with E-state index in [1.165, 1.54) is 35.0 Å². The van der Waals surface area contributed by atoms with E-state index in [-0.39, 0.29) is 15.3 Å². The summed E-state index contributed by atoms with van der Waals surface area (Å²) >= 11 is 2.62. The first-order chi connectivity index (χ1) is 14.8. The van der Waals surface area contributed by atoms with Crippen molar-refractivity contribution >= 4 is 56.7 Å². The number of hydrogen-bond acceptors (Lipinski definition) is 9. The van der Waals surface area contributed by atoms with Crippen molar-refractivity contribution in [2.45, 2.75) is 4.90 Å². The number of nitrogens with zero attached hydrogens (tertiary/aromatic N) is 1. The second-order valence-electron chi connectivity index (χ2n) is 6.33. The topological polar surface area (TPSA) is 119 Å². The molecule has 1 fully saturated rings. The number of thiophene rings is 1. The Morgan fingerprint density at radius 1 is 1.13 bits per heavy atom. The highest BCUT2D eigenvalue weighted by Gasteiger charge is 2.31. The Morgan fingerprint density at radius 2 is 1.87 bits per heavy atom. The van der Waals surface area contributed by atoms with Crippen molar-refractivity contribution in [2.75, 3.05) is 43.6 Å². The summed E-state index contributed by atoms with van der Waals surface area (Å²) in [7, 11) is -2.57. The first-order valence-corrected chi connectivity index (χ1v) is 12.6. The van der Waals surface area contributed by atoms with Gasteiger partial charge in [0.2, 0.25) is 10.0 Å². The first kappa shape index (κ1) is 23.3. The van der Waals surface area contributed by atoms with E-state index >= 15 is 0 Å². The van der Waals surface area contributed by atoms with Crippen LogP contribution in [0, 0.1) is 0 Å². The smallest absolute Gasteiger partial charge is 0.350 e. The number of nitrogens with one attached hydrogen (secondary N) is 1. The minimum atomic E-state index is -3.81. The second kappa shape index (κ2) is 10.3. The number of esters is 2. The Labute approximate surface area is 187 Å². The summed E-state index contributed by atoms with van der Waals surface area (Å²) in [6, 6.07) is 7.45. The first-order valence-electron chi connectivity index (χ1n) is 9.13. The van der Waals surface area contributed by atoms with Crippen molar-refractivity contribution in [1.29, 1.82) is 0 Å². The van der Waals surface area contributed by atoms with Crippen molar-refractivity contribution in [3.05, 3.63) is 46.2 Å². The summed E-state index contributed by atoms with van der Waals surface area (Å²) in [5, 5.41) is 4.01. The van der Waals surface area contributed by atoms with Gasteiger partial charge in [-0.3, -0.25) is 4.79 Å². The highest BCUT2D eigenvalue weighted by molar-refractivity contribution is 7.99. The van der Waals surface area contributed by atoms with Crippen LogP contribution >= 0.6 is 23.1 Å². The summed E-state index contributed by atoms with van der Waals surface area (Å²) in [6.45, 7) is 0.147. The zero-order chi connectivity index (χ0) is 22.4. The highest BCUT2D eigenvalue weighted by Crippen LogP contribution is 2.27. The largest absolute Gasteiger partial charge is 0.465 e. The standard InChI is InChI=1S/C19H20N2O7S3/c1-27-18(23)13-3-2-4-14(11-13)20-16(22)12-28-19(24)17-15(5-8-30-17)31(25,26)21-6-9-29-10-7-21/h2-5,8,11H,6-7,9-10,12H2,1H3,(H,20,22). The van der Waals surface area contributed by atoms with E-state index in [1.54, 1.807) is 23.9 Å². The minimum Gasteiger partial charge on any atom is -0.465 e. The molecule has 9 nitrogen and oxygen atoms in total. The van der Waals surface area contributed by atoms with Gasteiger partial charge >= 0.3 is 11.9 Å². The van der Waals surface area contributed by atoms with Crippen LogP contribution in [0.1, 0.15) is 20.0 Å². The Morgan fingerprint density at radius 3 is 2.58 bits per heavy atom. The maximum atomic E-state index is 12.9. The normalized spacial score (nSPS) is 14.6. The average molecular weight is 485 g/mol. The number of anilines is 1. The fourth-order valence-electron chi connectivity index (χ4n) is 2.81. The molecule has 1 N–H and O–H groups in total. The molecule has 2 heterocycles. The minimum absolute atomic E-state index is 0.0706. The van der Waals surface area contributed by atoms with E-state index in [4.69, 9.17) is 4.74 Å². The molecule has 12 heteroatoms. The van der Waals surface area contributed by atoms with Crippen LogP contribution in [0.3, 0.4) is 0 Å². The molecule has 2 aromatic rings. The Hall–Kier alpha value is -2.41. The molecule has 31 heavy (non-hydrogen) atoms. The van der Waals surface area contributed by atoms with Gasteiger partial charge in [0.05, 0.1) is 12.7 Å². The van der Waals surface area contributed by atoms with E-state index < -0.39 is 34.5 Å². The molecule has 0 bridgehead atoms. The Balaban J connectivity index is 1.62. The average Bonchev–Trinajstić information content (AvgIpc) is 3.29. The molecule has 0 atom stereocenters. The third-order valence-corrected chi connectivity index (χ3v) is 8.21. The number of rotatable bonds is 7. The van der Waals surface area contributed by atoms with Crippen LogP contribution in [0.5, 0.6) is 0 Å². The van der Waals surface area contributed by atoms with Crippen molar-refractivity contribution in [1.82, 2.24) is 4.31 Å². The van der Waals surface area contributed by atoms with Crippen molar-refractivity contribution < 1.29 is 32.3 Å². The maximum absolute atomic E-state index is 12.9. The third kappa shape index (κ3) is 5.64. The van der Waals surface area contributed by atoms with Crippen LogP contribution in [0.4, 0.5) is 5.69 Å². The molecule has 1 amide bonds. The molecular weight excluding hydrogens is 464 g/mol. The lowest BCUT2D eigenvalue weighted by molar-refractivity contribution is -0.119. The molecule has 0 radical (unpaired) electrons. The van der Waals surface area contributed by atoms with Crippen molar-refractivity contribution in [3.8, 4) is 0 Å². The van der Waals surface area contributed by atoms with Crippen LogP contribution < -0.4 is 5.32 Å². The predicted octanol–water partition coefficient (Wildman–Crippen LogP) is 2.07. The third-order valence-electron chi connectivity index (χ3n) is 4.30. The fourth-order valence-corrected chi connectivity index (χ4v) is 6.67. The predicted molar refractivity (Wildman–Crippen MR) is 117 cm³/mol. The molecular formula is C19H20N2O7S3. The van der Waals surface area contributed by atoms with Crippen LogP contribution in [-0.2, 0) is 24.3 Å². The lowest BCUT2D eigenvalue weighted by Crippen LogP contribution is -2.38. The van der Waals surface area contributed by atoms with Gasteiger partial charge in [-0.05, 0) is 29.6 Å². The monoisotopic (exact) mass is 484 g/mol. The van der Waals surface area contributed by atoms with Crippen molar-refractivity contribution in [2.24, 2.45) is 0 Å². The number of methoxy groups -OCH3 is 1. The number of carbonyl (C=O) groups excluding carboxylic acids is 3. The van der Waals surface area contributed by atoms with Gasteiger partial charge in [0.1, 0.15) is 9.77 Å². The van der Waals surface area contributed by atoms with E-state index in [1.807, 2.05) is 0 Å². The highest BCUT2D eigenvalue weighted by atomic mass is 32.2. The van der Waals surface area contributed by atoms with Crippen LogP contribution in [0.2, 0.25) is 0 Å². The summed E-state index contributed by atoms with van der Waals surface area (Å²) in [5.41, 5.74) is 0.577. The van der Waals surface area contributed by atoms with Gasteiger partial charge in [0.25, 0.3) is 5.91 Å². The van der Waals surface area contributed by atoms with E-state index in [0.29, 0.717) is 30.3 Å². The lowest BCUT2D eigenvalue weighted by Gasteiger charge is -2.25.